The number of nitrogens with one attached hydrogen (secondary N) is 1. The van der Waals surface area contributed by atoms with Crippen molar-refractivity contribution in [3.63, 3.8) is 0 Å². The third-order valence-corrected chi connectivity index (χ3v) is 4.73. The number of aryl methyl sites for hydroxylation is 2. The number of anilines is 1. The molecular formula is C14H15ClN2O3S. The Balaban J connectivity index is 2.47. The van der Waals surface area contributed by atoms with Gasteiger partial charge in [0.15, 0.2) is 0 Å². The van der Waals surface area contributed by atoms with Gasteiger partial charge < -0.3 is 4.57 Å². The van der Waals surface area contributed by atoms with Gasteiger partial charge in [0, 0.05) is 19.1 Å². The molecule has 2 aromatic rings. The molecule has 7 heteroatoms. The Morgan fingerprint density at radius 2 is 2.00 bits per heavy atom. The molecular weight excluding hydrogens is 312 g/mol. The third kappa shape index (κ3) is 3.28. The van der Waals surface area contributed by atoms with E-state index in [9.17, 15) is 13.2 Å². The second-order valence-corrected chi connectivity index (χ2v) is 6.63. The summed E-state index contributed by atoms with van der Waals surface area (Å²) in [5, 5.41) is 0. The molecule has 5 nitrogen and oxygen atoms in total. The smallest absolute Gasteiger partial charge is 0.274 e. The van der Waals surface area contributed by atoms with Gasteiger partial charge in [-0.25, -0.2) is 8.42 Å². The number of hydrogen-bond donors (Lipinski definition) is 1. The van der Waals surface area contributed by atoms with E-state index in [0.717, 1.165) is 0 Å². The molecule has 1 aromatic heterocycles. The van der Waals surface area contributed by atoms with Crippen LogP contribution in [0.2, 0.25) is 0 Å². The van der Waals surface area contributed by atoms with Crippen LogP contribution in [0.4, 0.5) is 5.69 Å². The molecule has 0 radical (unpaired) electrons. The van der Waals surface area contributed by atoms with Crippen molar-refractivity contribution in [3.05, 3.63) is 58.0 Å². The fourth-order valence-electron chi connectivity index (χ4n) is 1.83. The highest BCUT2D eigenvalue weighted by atomic mass is 35.5. The summed E-state index contributed by atoms with van der Waals surface area (Å²) in [5.74, 6) is 0.218. The minimum atomic E-state index is -3.83. The summed E-state index contributed by atoms with van der Waals surface area (Å²) in [6.07, 6.45) is 1.59. The van der Waals surface area contributed by atoms with E-state index in [1.54, 1.807) is 38.4 Å². The number of pyridine rings is 1. The van der Waals surface area contributed by atoms with Crippen molar-refractivity contribution in [1.82, 2.24) is 4.57 Å². The number of benzene rings is 1. The normalized spacial score (nSPS) is 11.4. The van der Waals surface area contributed by atoms with Crippen molar-refractivity contribution in [1.29, 1.82) is 0 Å². The van der Waals surface area contributed by atoms with Crippen molar-refractivity contribution in [2.45, 2.75) is 17.7 Å². The number of rotatable bonds is 4. The molecule has 0 aliphatic heterocycles. The van der Waals surface area contributed by atoms with Crippen molar-refractivity contribution < 1.29 is 8.42 Å². The Morgan fingerprint density at radius 1 is 1.29 bits per heavy atom. The first-order valence-electron chi connectivity index (χ1n) is 6.19. The molecule has 0 fully saturated rings. The van der Waals surface area contributed by atoms with E-state index in [-0.39, 0.29) is 16.5 Å². The lowest BCUT2D eigenvalue weighted by atomic mass is 10.2. The van der Waals surface area contributed by atoms with Crippen LogP contribution in [0.25, 0.3) is 0 Å². The van der Waals surface area contributed by atoms with Gasteiger partial charge in [-0.1, -0.05) is 12.1 Å². The molecule has 0 atom stereocenters. The lowest BCUT2D eigenvalue weighted by Crippen LogP contribution is -2.25. The van der Waals surface area contributed by atoms with Gasteiger partial charge in [0.05, 0.1) is 4.90 Å². The van der Waals surface area contributed by atoms with Crippen molar-refractivity contribution in [2.24, 2.45) is 7.05 Å². The maximum Gasteiger partial charge on any atom is 0.274 e. The van der Waals surface area contributed by atoms with E-state index in [1.165, 1.54) is 16.7 Å². The van der Waals surface area contributed by atoms with Gasteiger partial charge in [0.1, 0.15) is 5.69 Å². The number of nitrogens with zero attached hydrogens (tertiary/aromatic N) is 1. The van der Waals surface area contributed by atoms with Crippen molar-refractivity contribution >= 4 is 27.3 Å². The number of halogens is 1. The minimum Gasteiger partial charge on any atom is -0.317 e. The van der Waals surface area contributed by atoms with Gasteiger partial charge >= 0.3 is 0 Å². The molecule has 2 rings (SSSR count). The first-order valence-corrected chi connectivity index (χ1v) is 8.21. The maximum atomic E-state index is 12.4. The van der Waals surface area contributed by atoms with E-state index in [0.29, 0.717) is 11.1 Å². The Labute approximate surface area is 128 Å². The molecule has 1 N–H and O–H groups in total. The Hall–Kier alpha value is -1.79. The van der Waals surface area contributed by atoms with Crippen molar-refractivity contribution in [2.75, 3.05) is 4.72 Å². The molecule has 21 heavy (non-hydrogen) atoms. The van der Waals surface area contributed by atoms with Crippen LogP contribution >= 0.6 is 11.6 Å². The van der Waals surface area contributed by atoms with E-state index >= 15 is 0 Å². The van der Waals surface area contributed by atoms with E-state index < -0.39 is 15.6 Å². The second-order valence-electron chi connectivity index (χ2n) is 4.68. The number of alkyl halides is 1. The number of sulfonamides is 1. The maximum absolute atomic E-state index is 12.4. The zero-order valence-electron chi connectivity index (χ0n) is 11.6. The lowest BCUT2D eigenvalue weighted by molar-refractivity contribution is 0.601. The Bertz CT molecular complexity index is 828. The first-order chi connectivity index (χ1) is 9.85. The zero-order valence-corrected chi connectivity index (χ0v) is 13.2. The average Bonchev–Trinajstić information content (AvgIpc) is 2.48. The molecule has 112 valence electrons. The molecule has 1 aromatic carbocycles. The second kappa shape index (κ2) is 5.91. The summed E-state index contributed by atoms with van der Waals surface area (Å²) in [7, 11) is -2.27. The summed E-state index contributed by atoms with van der Waals surface area (Å²) in [6, 6.07) is 7.97. The van der Waals surface area contributed by atoms with E-state index in [4.69, 9.17) is 11.6 Å². The number of hydrogen-bond acceptors (Lipinski definition) is 3. The van der Waals surface area contributed by atoms with Crippen LogP contribution < -0.4 is 10.3 Å². The van der Waals surface area contributed by atoms with E-state index in [1.807, 2.05) is 0 Å². The largest absolute Gasteiger partial charge is 0.317 e. The Morgan fingerprint density at radius 3 is 2.67 bits per heavy atom. The molecule has 0 spiro atoms. The lowest BCUT2D eigenvalue weighted by Gasteiger charge is -2.11. The molecule has 0 unspecified atom stereocenters. The van der Waals surface area contributed by atoms with Crippen LogP contribution in [-0.2, 0) is 23.0 Å². The van der Waals surface area contributed by atoms with Crippen LogP contribution in [0, 0.1) is 6.92 Å². The summed E-state index contributed by atoms with van der Waals surface area (Å²) in [4.78, 5) is 12.1. The minimum absolute atomic E-state index is 0.0521. The van der Waals surface area contributed by atoms with Crippen LogP contribution in [0.1, 0.15) is 11.1 Å². The molecule has 0 aliphatic carbocycles. The topological polar surface area (TPSA) is 68.2 Å². The highest BCUT2D eigenvalue weighted by Crippen LogP contribution is 2.18. The predicted octanol–water partition coefficient (Wildman–Crippen LogP) is 2.23. The van der Waals surface area contributed by atoms with Crippen LogP contribution in [-0.4, -0.2) is 13.0 Å². The molecule has 0 amide bonds. The van der Waals surface area contributed by atoms with E-state index in [2.05, 4.69) is 4.72 Å². The Kier molecular flexibility index (Phi) is 4.39. The SMILES string of the molecule is Cc1ccn(C)c(=O)c1NS(=O)(=O)c1cccc(CCl)c1. The highest BCUT2D eigenvalue weighted by molar-refractivity contribution is 7.92. The monoisotopic (exact) mass is 326 g/mol. The fourth-order valence-corrected chi connectivity index (χ4v) is 3.20. The zero-order chi connectivity index (χ0) is 15.6. The quantitative estimate of drug-likeness (QED) is 0.876. The fraction of sp³-hybridized carbons (Fsp3) is 0.214. The molecule has 0 saturated heterocycles. The van der Waals surface area contributed by atoms with Gasteiger partial charge in [-0.05, 0) is 36.2 Å². The summed E-state index contributed by atoms with van der Waals surface area (Å²) in [5.41, 5.74) is 0.913. The summed E-state index contributed by atoms with van der Waals surface area (Å²) in [6.45, 7) is 1.68. The number of aromatic nitrogens is 1. The van der Waals surface area contributed by atoms with Gasteiger partial charge in [-0.2, -0.15) is 0 Å². The molecule has 0 aliphatic rings. The predicted molar refractivity (Wildman–Crippen MR) is 83.2 cm³/mol. The van der Waals surface area contributed by atoms with Crippen LogP contribution in [0.5, 0.6) is 0 Å². The highest BCUT2D eigenvalue weighted by Gasteiger charge is 2.18. The van der Waals surface area contributed by atoms with Gasteiger partial charge in [-0.3, -0.25) is 9.52 Å². The van der Waals surface area contributed by atoms with Gasteiger partial charge in [0.25, 0.3) is 15.6 Å². The van der Waals surface area contributed by atoms with Crippen LogP contribution in [0.15, 0.2) is 46.2 Å². The third-order valence-electron chi connectivity index (χ3n) is 3.08. The van der Waals surface area contributed by atoms with Gasteiger partial charge in [-0.15, -0.1) is 11.6 Å². The van der Waals surface area contributed by atoms with Crippen molar-refractivity contribution in [3.8, 4) is 0 Å². The van der Waals surface area contributed by atoms with Gasteiger partial charge in [0.2, 0.25) is 0 Å². The molecule has 0 saturated carbocycles. The molecule has 1 heterocycles. The summed E-state index contributed by atoms with van der Waals surface area (Å²) >= 11 is 5.71. The van der Waals surface area contributed by atoms with Crippen LogP contribution in [0.3, 0.4) is 0 Å². The average molecular weight is 327 g/mol. The molecule has 0 bridgehead atoms. The summed E-state index contributed by atoms with van der Waals surface area (Å²) < 4.78 is 28.4. The first kappa shape index (κ1) is 15.6. The standard InChI is InChI=1S/C14H15ClN2O3S/c1-10-6-7-17(2)14(18)13(10)16-21(19,20)12-5-3-4-11(8-12)9-15/h3-8,16H,9H2,1-2H3.